The van der Waals surface area contributed by atoms with E-state index in [1.54, 1.807) is 0 Å². The van der Waals surface area contributed by atoms with Crippen LogP contribution >= 0.6 is 0 Å². The molecule has 0 amide bonds. The molecule has 0 aromatic heterocycles. The summed E-state index contributed by atoms with van der Waals surface area (Å²) in [6.45, 7) is 4.64. The standard InChI is InChI=1S/C16H34BN/c1-4-6-8-9-11-14(10-7-5-2)15-12-16(13-15)18(3)17/h14-16H,4-13,17H2,1-3H3. The maximum atomic E-state index is 2.42. The van der Waals surface area contributed by atoms with Gasteiger partial charge in [-0.2, -0.15) is 0 Å². The molecule has 0 aliphatic heterocycles. The fourth-order valence-electron chi connectivity index (χ4n) is 3.35. The fourth-order valence-corrected chi connectivity index (χ4v) is 3.35. The van der Waals surface area contributed by atoms with Crippen LogP contribution in [0.1, 0.15) is 78.1 Å². The Morgan fingerprint density at radius 2 is 1.61 bits per heavy atom. The van der Waals surface area contributed by atoms with Crippen LogP contribution in [0.2, 0.25) is 0 Å². The lowest BCUT2D eigenvalue weighted by molar-refractivity contribution is 0.0981. The minimum Gasteiger partial charge on any atom is -0.349 e. The zero-order valence-corrected chi connectivity index (χ0v) is 13.3. The molecule has 1 aliphatic carbocycles. The summed E-state index contributed by atoms with van der Waals surface area (Å²) in [6.07, 6.45) is 14.5. The van der Waals surface area contributed by atoms with Gasteiger partial charge in [0.2, 0.25) is 0 Å². The Morgan fingerprint density at radius 3 is 2.17 bits per heavy atom. The number of hydrogen-bond acceptors (Lipinski definition) is 1. The molecule has 0 N–H and O–H groups in total. The second-order valence-electron chi connectivity index (χ2n) is 6.60. The lowest BCUT2D eigenvalue weighted by Gasteiger charge is -2.44. The monoisotopic (exact) mass is 251 g/mol. The Morgan fingerprint density at radius 1 is 1.00 bits per heavy atom. The van der Waals surface area contributed by atoms with Crippen molar-refractivity contribution in [2.24, 2.45) is 11.8 Å². The van der Waals surface area contributed by atoms with E-state index in [1.807, 2.05) is 0 Å². The van der Waals surface area contributed by atoms with Gasteiger partial charge in [-0.1, -0.05) is 65.2 Å². The molecule has 2 heteroatoms. The molecular weight excluding hydrogens is 217 g/mol. The van der Waals surface area contributed by atoms with Crippen LogP contribution in [0.4, 0.5) is 0 Å². The third-order valence-corrected chi connectivity index (χ3v) is 4.90. The third kappa shape index (κ3) is 5.34. The van der Waals surface area contributed by atoms with Crippen molar-refractivity contribution in [3.63, 3.8) is 0 Å². The summed E-state index contributed by atoms with van der Waals surface area (Å²) in [7, 11) is 4.48. The lowest BCUT2D eigenvalue weighted by Crippen LogP contribution is -2.43. The van der Waals surface area contributed by atoms with E-state index >= 15 is 0 Å². The van der Waals surface area contributed by atoms with Crippen LogP contribution in [0.25, 0.3) is 0 Å². The zero-order chi connectivity index (χ0) is 13.4. The maximum Gasteiger partial charge on any atom is 0.185 e. The van der Waals surface area contributed by atoms with Crippen molar-refractivity contribution in [2.75, 3.05) is 7.05 Å². The van der Waals surface area contributed by atoms with Gasteiger partial charge in [0.15, 0.2) is 7.98 Å². The molecular formula is C16H34BN. The maximum absolute atomic E-state index is 2.42. The van der Waals surface area contributed by atoms with Gasteiger partial charge < -0.3 is 4.81 Å². The molecule has 1 unspecified atom stereocenters. The molecule has 1 rings (SSSR count). The van der Waals surface area contributed by atoms with Gasteiger partial charge in [0, 0.05) is 0 Å². The van der Waals surface area contributed by atoms with Crippen LogP contribution < -0.4 is 0 Å². The Labute approximate surface area is 116 Å². The topological polar surface area (TPSA) is 3.24 Å². The molecule has 0 bridgehead atoms. The summed E-state index contributed by atoms with van der Waals surface area (Å²) in [5, 5.41) is 0. The molecule has 106 valence electrons. The van der Waals surface area contributed by atoms with Crippen LogP contribution in [0.3, 0.4) is 0 Å². The predicted molar refractivity (Wildman–Crippen MR) is 84.6 cm³/mol. The highest BCUT2D eigenvalue weighted by Crippen LogP contribution is 2.40. The molecule has 0 spiro atoms. The summed E-state index contributed by atoms with van der Waals surface area (Å²) in [5.41, 5.74) is 0. The van der Waals surface area contributed by atoms with Gasteiger partial charge in [-0.25, -0.2) is 0 Å². The molecule has 1 atom stereocenters. The van der Waals surface area contributed by atoms with E-state index in [9.17, 15) is 0 Å². The Kier molecular flexibility index (Phi) is 8.05. The molecule has 18 heavy (non-hydrogen) atoms. The van der Waals surface area contributed by atoms with E-state index in [1.165, 1.54) is 64.2 Å². The second kappa shape index (κ2) is 9.01. The van der Waals surface area contributed by atoms with Crippen LogP contribution in [0.5, 0.6) is 0 Å². The van der Waals surface area contributed by atoms with Crippen molar-refractivity contribution in [3.8, 4) is 0 Å². The van der Waals surface area contributed by atoms with Crippen molar-refractivity contribution in [3.05, 3.63) is 0 Å². The Hall–Kier alpha value is 0.0249. The molecule has 0 saturated heterocycles. The summed E-state index contributed by atoms with van der Waals surface area (Å²) < 4.78 is 0. The van der Waals surface area contributed by atoms with Crippen LogP contribution in [-0.4, -0.2) is 25.9 Å². The first-order valence-electron chi connectivity index (χ1n) is 8.35. The van der Waals surface area contributed by atoms with E-state index in [2.05, 4.69) is 33.7 Å². The fraction of sp³-hybridized carbons (Fsp3) is 1.00. The van der Waals surface area contributed by atoms with E-state index in [-0.39, 0.29) is 0 Å². The lowest BCUT2D eigenvalue weighted by atomic mass is 9.68. The largest absolute Gasteiger partial charge is 0.349 e. The number of unbranched alkanes of at least 4 members (excludes halogenated alkanes) is 4. The van der Waals surface area contributed by atoms with Crippen molar-refractivity contribution in [2.45, 2.75) is 84.1 Å². The molecule has 0 radical (unpaired) electrons. The Bertz CT molecular complexity index is 199. The molecule has 1 nitrogen and oxygen atoms in total. The molecule has 1 fully saturated rings. The third-order valence-electron chi connectivity index (χ3n) is 4.90. The molecule has 0 aromatic carbocycles. The summed E-state index contributed by atoms with van der Waals surface area (Å²) in [5.74, 6) is 2.09. The van der Waals surface area contributed by atoms with E-state index in [0.717, 1.165) is 17.9 Å². The average Bonchev–Trinajstić information content (AvgIpc) is 2.28. The van der Waals surface area contributed by atoms with Gasteiger partial charge >= 0.3 is 0 Å². The van der Waals surface area contributed by atoms with E-state index in [0.29, 0.717) is 0 Å². The average molecular weight is 251 g/mol. The van der Waals surface area contributed by atoms with Crippen LogP contribution in [-0.2, 0) is 0 Å². The van der Waals surface area contributed by atoms with Crippen molar-refractivity contribution in [1.29, 1.82) is 0 Å². The second-order valence-corrected chi connectivity index (χ2v) is 6.60. The van der Waals surface area contributed by atoms with Gasteiger partial charge in [-0.15, -0.1) is 0 Å². The first-order chi connectivity index (χ1) is 8.69. The van der Waals surface area contributed by atoms with Crippen LogP contribution in [0.15, 0.2) is 0 Å². The number of hydrogen-bond donors (Lipinski definition) is 0. The summed E-state index contributed by atoms with van der Waals surface area (Å²) in [6, 6.07) is 0.884. The summed E-state index contributed by atoms with van der Waals surface area (Å²) in [4.78, 5) is 2.42. The molecule has 0 aromatic rings. The van der Waals surface area contributed by atoms with Gasteiger partial charge in [0.05, 0.1) is 0 Å². The first-order valence-corrected chi connectivity index (χ1v) is 8.35. The zero-order valence-electron chi connectivity index (χ0n) is 13.3. The highest BCUT2D eigenvalue weighted by atomic mass is 15.0. The normalized spacial score (nSPS) is 25.1. The van der Waals surface area contributed by atoms with Crippen molar-refractivity contribution >= 4 is 7.98 Å². The van der Waals surface area contributed by atoms with E-state index < -0.39 is 0 Å². The van der Waals surface area contributed by atoms with Crippen molar-refractivity contribution < 1.29 is 0 Å². The summed E-state index contributed by atoms with van der Waals surface area (Å²) >= 11 is 0. The quantitative estimate of drug-likeness (QED) is 0.418. The highest BCUT2D eigenvalue weighted by molar-refractivity contribution is 6.04. The minimum atomic E-state index is 0.884. The minimum absolute atomic E-state index is 0.884. The smallest absolute Gasteiger partial charge is 0.185 e. The molecule has 1 aliphatic rings. The van der Waals surface area contributed by atoms with Crippen molar-refractivity contribution in [1.82, 2.24) is 4.81 Å². The number of rotatable bonds is 10. The van der Waals surface area contributed by atoms with Crippen LogP contribution in [0, 0.1) is 11.8 Å². The molecule has 0 heterocycles. The van der Waals surface area contributed by atoms with E-state index in [4.69, 9.17) is 0 Å². The SMILES string of the molecule is BN(C)C1CC(C(CCCC)CCCCCC)C1. The van der Waals surface area contributed by atoms with Gasteiger partial charge in [-0.3, -0.25) is 0 Å². The Balaban J connectivity index is 2.23. The van der Waals surface area contributed by atoms with Gasteiger partial charge in [-0.05, 0) is 37.8 Å². The highest BCUT2D eigenvalue weighted by Gasteiger charge is 2.34. The number of nitrogens with zero attached hydrogens (tertiary/aromatic N) is 1. The first kappa shape index (κ1) is 16.1. The van der Waals surface area contributed by atoms with Gasteiger partial charge in [0.1, 0.15) is 0 Å². The van der Waals surface area contributed by atoms with Gasteiger partial charge in [0.25, 0.3) is 0 Å². The predicted octanol–water partition coefficient (Wildman–Crippen LogP) is 4.02. The molecule has 1 saturated carbocycles.